The van der Waals surface area contributed by atoms with Crippen LogP contribution in [0.3, 0.4) is 0 Å². The lowest BCUT2D eigenvalue weighted by molar-refractivity contribution is -0.128. The second-order valence-electron chi connectivity index (χ2n) is 6.68. The Morgan fingerprint density at radius 2 is 1.86 bits per heavy atom. The molecular weight excluding hydrogens is 376 g/mol. The van der Waals surface area contributed by atoms with E-state index in [0.717, 1.165) is 6.42 Å². The number of thioether (sulfide) groups is 1. The summed E-state index contributed by atoms with van der Waals surface area (Å²) in [7, 11) is 0. The summed E-state index contributed by atoms with van der Waals surface area (Å²) < 4.78 is 5.61. The van der Waals surface area contributed by atoms with Gasteiger partial charge in [0.1, 0.15) is 5.75 Å². The van der Waals surface area contributed by atoms with E-state index in [2.05, 4.69) is 0 Å². The first kappa shape index (κ1) is 18.6. The molecule has 1 atom stereocenters. The lowest BCUT2D eigenvalue weighted by Crippen LogP contribution is -2.50. The molecule has 1 saturated heterocycles. The van der Waals surface area contributed by atoms with E-state index in [0.29, 0.717) is 29.3 Å². The monoisotopic (exact) mass is 396 g/mol. The molecule has 28 heavy (non-hydrogen) atoms. The minimum atomic E-state index is -1.26. The standard InChI is InChI=1S/C21H20N2O4S/c1-3-12-27-16-10-8-15(9-11-16)23-19(25)13-28-21(23)17-6-4-5-7-18(17)22(14(2)24)20(21)26/h4-11H,3,12-13H2,1-2H3. The Bertz CT molecular complexity index is 959. The van der Waals surface area contributed by atoms with Gasteiger partial charge in [0, 0.05) is 18.2 Å². The number of rotatable bonds is 4. The first-order chi connectivity index (χ1) is 13.5. The van der Waals surface area contributed by atoms with E-state index >= 15 is 0 Å². The number of anilines is 2. The normalized spacial score (nSPS) is 20.8. The van der Waals surface area contributed by atoms with Crippen LogP contribution in [-0.2, 0) is 19.3 Å². The molecule has 0 aromatic heterocycles. The molecule has 0 saturated carbocycles. The summed E-state index contributed by atoms with van der Waals surface area (Å²) in [5, 5.41) is 0. The van der Waals surface area contributed by atoms with Crippen molar-refractivity contribution in [3.05, 3.63) is 54.1 Å². The zero-order valence-corrected chi connectivity index (χ0v) is 16.5. The number of hydrogen-bond acceptors (Lipinski definition) is 5. The number of fused-ring (bicyclic) bond motifs is 2. The van der Waals surface area contributed by atoms with Gasteiger partial charge in [-0.15, -0.1) is 11.8 Å². The zero-order valence-electron chi connectivity index (χ0n) is 15.7. The molecule has 0 N–H and O–H groups in total. The highest BCUT2D eigenvalue weighted by atomic mass is 32.2. The topological polar surface area (TPSA) is 66.9 Å². The molecule has 3 amide bonds. The SMILES string of the molecule is CCCOc1ccc(N2C(=O)CSC23C(=O)N(C(C)=O)c2ccccc23)cc1. The molecule has 2 aliphatic rings. The van der Waals surface area contributed by atoms with Gasteiger partial charge in [-0.1, -0.05) is 25.1 Å². The van der Waals surface area contributed by atoms with Crippen molar-refractivity contribution in [2.45, 2.75) is 25.1 Å². The average molecular weight is 396 g/mol. The van der Waals surface area contributed by atoms with E-state index in [-0.39, 0.29) is 17.6 Å². The van der Waals surface area contributed by atoms with Gasteiger partial charge < -0.3 is 4.74 Å². The maximum Gasteiger partial charge on any atom is 0.275 e. The van der Waals surface area contributed by atoms with Crippen molar-refractivity contribution in [2.24, 2.45) is 0 Å². The van der Waals surface area contributed by atoms with Crippen LogP contribution in [0, 0.1) is 0 Å². The number of carbonyl (C=O) groups excluding carboxylic acids is 3. The number of hydrogen-bond donors (Lipinski definition) is 0. The molecule has 1 spiro atoms. The highest BCUT2D eigenvalue weighted by Gasteiger charge is 2.61. The number of amides is 3. The minimum absolute atomic E-state index is 0.166. The van der Waals surface area contributed by atoms with Gasteiger partial charge in [-0.05, 0) is 36.8 Å². The minimum Gasteiger partial charge on any atom is -0.494 e. The number of benzene rings is 2. The van der Waals surface area contributed by atoms with E-state index < -0.39 is 10.8 Å². The zero-order chi connectivity index (χ0) is 19.9. The Kier molecular flexibility index (Phi) is 4.63. The number of nitrogens with zero attached hydrogens (tertiary/aromatic N) is 2. The van der Waals surface area contributed by atoms with E-state index in [1.807, 2.05) is 19.1 Å². The molecule has 2 aromatic rings. The van der Waals surface area contributed by atoms with Gasteiger partial charge in [0.05, 0.1) is 18.0 Å². The van der Waals surface area contributed by atoms with Crippen molar-refractivity contribution < 1.29 is 19.1 Å². The molecule has 1 unspecified atom stereocenters. The lowest BCUT2D eigenvalue weighted by Gasteiger charge is -2.33. The Hall–Kier alpha value is -2.80. The molecule has 0 bridgehead atoms. The highest BCUT2D eigenvalue weighted by molar-refractivity contribution is 8.02. The fourth-order valence-electron chi connectivity index (χ4n) is 3.71. The number of imide groups is 1. The largest absolute Gasteiger partial charge is 0.494 e. The predicted molar refractivity (Wildman–Crippen MR) is 108 cm³/mol. The third-order valence-electron chi connectivity index (χ3n) is 4.85. The summed E-state index contributed by atoms with van der Waals surface area (Å²) in [6.07, 6.45) is 0.901. The molecule has 7 heteroatoms. The number of para-hydroxylation sites is 1. The van der Waals surface area contributed by atoms with Crippen LogP contribution in [0.2, 0.25) is 0 Å². The van der Waals surface area contributed by atoms with Crippen LogP contribution in [0.5, 0.6) is 5.75 Å². The Morgan fingerprint density at radius 3 is 2.54 bits per heavy atom. The van der Waals surface area contributed by atoms with E-state index in [9.17, 15) is 14.4 Å². The highest BCUT2D eigenvalue weighted by Crippen LogP contribution is 2.55. The third kappa shape index (κ3) is 2.61. The summed E-state index contributed by atoms with van der Waals surface area (Å²) in [4.78, 5) is 39.9. The fraction of sp³-hybridized carbons (Fsp3) is 0.286. The molecule has 0 radical (unpaired) electrons. The smallest absolute Gasteiger partial charge is 0.275 e. The van der Waals surface area contributed by atoms with Crippen molar-refractivity contribution in [1.82, 2.24) is 0 Å². The van der Waals surface area contributed by atoms with Gasteiger partial charge in [0.2, 0.25) is 16.7 Å². The fourth-order valence-corrected chi connectivity index (χ4v) is 5.05. The van der Waals surface area contributed by atoms with Crippen LogP contribution in [0.1, 0.15) is 25.8 Å². The van der Waals surface area contributed by atoms with Crippen molar-refractivity contribution in [3.8, 4) is 5.75 Å². The van der Waals surface area contributed by atoms with Gasteiger partial charge in [0.15, 0.2) is 0 Å². The summed E-state index contributed by atoms with van der Waals surface area (Å²) in [5.41, 5.74) is 1.81. The maximum absolute atomic E-state index is 13.4. The van der Waals surface area contributed by atoms with Crippen LogP contribution in [-0.4, -0.2) is 30.1 Å². The van der Waals surface area contributed by atoms with Crippen LogP contribution >= 0.6 is 11.8 Å². The second kappa shape index (κ2) is 6.98. The van der Waals surface area contributed by atoms with Crippen molar-refractivity contribution in [3.63, 3.8) is 0 Å². The maximum atomic E-state index is 13.4. The number of ether oxygens (including phenoxy) is 1. The molecule has 6 nitrogen and oxygen atoms in total. The lowest BCUT2D eigenvalue weighted by atomic mass is 10.0. The van der Waals surface area contributed by atoms with Crippen LogP contribution in [0.4, 0.5) is 11.4 Å². The molecule has 2 aromatic carbocycles. The van der Waals surface area contributed by atoms with E-state index in [4.69, 9.17) is 4.74 Å². The Morgan fingerprint density at radius 1 is 1.14 bits per heavy atom. The molecular formula is C21H20N2O4S. The van der Waals surface area contributed by atoms with Gasteiger partial charge in [-0.25, -0.2) is 4.90 Å². The molecule has 2 aliphatic heterocycles. The molecule has 0 aliphatic carbocycles. The summed E-state index contributed by atoms with van der Waals surface area (Å²) in [6.45, 7) is 4.00. The van der Waals surface area contributed by atoms with Crippen LogP contribution in [0.15, 0.2) is 48.5 Å². The van der Waals surface area contributed by atoms with E-state index in [1.54, 1.807) is 36.4 Å². The van der Waals surface area contributed by atoms with Gasteiger partial charge in [-0.3, -0.25) is 19.3 Å². The van der Waals surface area contributed by atoms with Gasteiger partial charge in [0.25, 0.3) is 5.91 Å². The second-order valence-corrected chi connectivity index (χ2v) is 7.85. The first-order valence-electron chi connectivity index (χ1n) is 9.15. The van der Waals surface area contributed by atoms with Crippen molar-refractivity contribution >= 4 is 40.9 Å². The molecule has 144 valence electrons. The average Bonchev–Trinajstić information content (AvgIpc) is 3.17. The molecule has 2 heterocycles. The predicted octanol–water partition coefficient (Wildman–Crippen LogP) is 3.30. The van der Waals surface area contributed by atoms with Crippen molar-refractivity contribution in [1.29, 1.82) is 0 Å². The Labute approximate surface area is 167 Å². The summed E-state index contributed by atoms with van der Waals surface area (Å²) in [5.74, 6) is -0.0518. The summed E-state index contributed by atoms with van der Waals surface area (Å²) >= 11 is 1.26. The van der Waals surface area contributed by atoms with E-state index in [1.165, 1.54) is 28.5 Å². The third-order valence-corrected chi connectivity index (χ3v) is 6.24. The molecule has 4 rings (SSSR count). The quantitative estimate of drug-likeness (QED) is 0.793. The van der Waals surface area contributed by atoms with Gasteiger partial charge >= 0.3 is 0 Å². The van der Waals surface area contributed by atoms with Gasteiger partial charge in [-0.2, -0.15) is 0 Å². The number of carbonyl (C=O) groups is 3. The summed E-state index contributed by atoms with van der Waals surface area (Å²) in [6, 6.07) is 14.3. The van der Waals surface area contributed by atoms with Crippen LogP contribution in [0.25, 0.3) is 0 Å². The molecule has 1 fully saturated rings. The Balaban J connectivity index is 1.81. The first-order valence-corrected chi connectivity index (χ1v) is 10.1. The van der Waals surface area contributed by atoms with Crippen LogP contribution < -0.4 is 14.5 Å². The van der Waals surface area contributed by atoms with Crippen molar-refractivity contribution in [2.75, 3.05) is 22.2 Å².